The third-order valence-electron chi connectivity index (χ3n) is 4.21. The van der Waals surface area contributed by atoms with Crippen molar-refractivity contribution >= 4 is 173 Å². The second-order valence-corrected chi connectivity index (χ2v) is 15.2. The third kappa shape index (κ3) is 11.1. The molecule has 4 rings (SSSR count). The van der Waals surface area contributed by atoms with Gasteiger partial charge in [-0.05, 0) is 8.64 Å². The van der Waals surface area contributed by atoms with Gasteiger partial charge in [-0.2, -0.15) is 0 Å². The van der Waals surface area contributed by atoms with Crippen molar-refractivity contribution < 1.29 is 25.3 Å². The molecule has 2 aliphatic heterocycles. The van der Waals surface area contributed by atoms with Crippen molar-refractivity contribution in [2.75, 3.05) is 34.6 Å². The molecule has 2 N–H and O–H groups in total. The van der Waals surface area contributed by atoms with Crippen LogP contribution in [0.4, 0.5) is 10.3 Å². The van der Waals surface area contributed by atoms with Gasteiger partial charge in [0, 0.05) is 47.7 Å². The molecule has 10 nitrogen and oxygen atoms in total. The number of hydrogen-bond donors (Lipinski definition) is 4. The molecule has 2 atom stereocenters. The SMILES string of the molecule is S=C(S)N(c1nccs1)N(C(=S)[S-])C1NCCS1.S=C(S)N(c1nccs1)N(C(=S)[S-])C1NCCS1.[O]=[Mo+2]=[O]. The molecule has 0 bridgehead atoms. The molecule has 39 heavy (non-hydrogen) atoms. The molecule has 0 spiro atoms. The molecule has 0 aliphatic carbocycles. The van der Waals surface area contributed by atoms with Gasteiger partial charge >= 0.3 is 25.3 Å². The summed E-state index contributed by atoms with van der Waals surface area (Å²) in [5.41, 5.74) is -0.0481. The molecule has 0 radical (unpaired) electrons. The number of hydrogen-bond acceptors (Lipinski definition) is 16. The van der Waals surface area contributed by atoms with Gasteiger partial charge in [-0.15, -0.1) is 71.5 Å². The van der Waals surface area contributed by atoms with E-state index in [1.54, 1.807) is 56.0 Å². The van der Waals surface area contributed by atoms with Crippen LogP contribution in [0.3, 0.4) is 0 Å². The van der Waals surface area contributed by atoms with Crippen LogP contribution in [0, 0.1) is 0 Å². The molecule has 2 aromatic heterocycles. The van der Waals surface area contributed by atoms with Gasteiger partial charge in [0.25, 0.3) is 0 Å². The predicted molar refractivity (Wildman–Crippen MR) is 186 cm³/mol. The summed E-state index contributed by atoms with van der Waals surface area (Å²) in [4.78, 5) is 8.47. The summed E-state index contributed by atoms with van der Waals surface area (Å²) in [5.74, 6) is 2.01. The molecule has 0 amide bonds. The monoisotopic (exact) mass is 836 g/mol. The predicted octanol–water partition coefficient (Wildman–Crippen LogP) is 3.43. The van der Waals surface area contributed by atoms with Gasteiger partial charge < -0.3 is 49.7 Å². The summed E-state index contributed by atoms with van der Waals surface area (Å²) in [6, 6.07) is 0. The first-order valence-electron chi connectivity index (χ1n) is 10.1. The van der Waals surface area contributed by atoms with Crippen molar-refractivity contribution in [3.8, 4) is 0 Å². The van der Waals surface area contributed by atoms with Gasteiger partial charge in [0.2, 0.25) is 10.3 Å². The van der Waals surface area contributed by atoms with Crippen LogP contribution >= 0.6 is 120 Å². The number of thiazole rings is 2. The molecular weight excluding hydrogens is 817 g/mol. The Morgan fingerprint density at radius 2 is 1.21 bits per heavy atom. The van der Waals surface area contributed by atoms with Crippen LogP contribution in [0.2, 0.25) is 0 Å². The number of nitrogens with one attached hydrogen (secondary N) is 2. The number of thioether (sulfide) groups is 2. The summed E-state index contributed by atoms with van der Waals surface area (Å²) >= 11 is 43.8. The summed E-state index contributed by atoms with van der Waals surface area (Å²) in [5, 5.41) is 18.6. The van der Waals surface area contributed by atoms with E-state index in [2.05, 4.69) is 45.9 Å². The van der Waals surface area contributed by atoms with Crippen LogP contribution in [0.25, 0.3) is 0 Å². The molecular formula is C16H18MoN8O2S12. The molecule has 2 aromatic rings. The Balaban J connectivity index is 0.000000249. The number of hydrazine groups is 2. The van der Waals surface area contributed by atoms with Gasteiger partial charge in [0.05, 0.1) is 0 Å². The number of thiocarbonyl (C=S) groups is 4. The van der Waals surface area contributed by atoms with Crippen LogP contribution in [0.15, 0.2) is 23.2 Å². The van der Waals surface area contributed by atoms with Gasteiger partial charge in [-0.25, -0.2) is 20.0 Å². The van der Waals surface area contributed by atoms with E-state index in [1.165, 1.54) is 22.7 Å². The van der Waals surface area contributed by atoms with E-state index >= 15 is 0 Å². The first-order chi connectivity index (χ1) is 18.6. The van der Waals surface area contributed by atoms with Crippen molar-refractivity contribution in [1.82, 2.24) is 30.6 Å². The second kappa shape index (κ2) is 19.2. The van der Waals surface area contributed by atoms with E-state index in [-0.39, 0.29) is 11.0 Å². The molecule has 212 valence electrons. The fourth-order valence-corrected chi connectivity index (χ4v) is 8.23. The van der Waals surface area contributed by atoms with Gasteiger partial charge in [0.1, 0.15) is 11.0 Å². The minimum atomic E-state index is -2.03. The zero-order valence-corrected chi connectivity index (χ0v) is 31.1. The van der Waals surface area contributed by atoms with E-state index < -0.39 is 18.5 Å². The zero-order valence-electron chi connectivity index (χ0n) is 19.2. The van der Waals surface area contributed by atoms with Crippen molar-refractivity contribution in [3.63, 3.8) is 0 Å². The molecule has 2 saturated heterocycles. The number of aromatic nitrogens is 2. The van der Waals surface area contributed by atoms with E-state index in [4.69, 9.17) is 80.9 Å². The Kier molecular flexibility index (Phi) is 17.8. The van der Waals surface area contributed by atoms with Crippen LogP contribution in [-0.2, 0) is 50.5 Å². The van der Waals surface area contributed by atoms with Crippen LogP contribution < -0.4 is 20.7 Å². The molecule has 4 heterocycles. The normalized spacial score (nSPS) is 17.4. The molecule has 2 unspecified atom stereocenters. The third-order valence-corrected chi connectivity index (χ3v) is 9.42. The maximum absolute atomic E-state index is 8.50. The first kappa shape index (κ1) is 36.1. The fourth-order valence-electron chi connectivity index (χ4n) is 2.88. The molecule has 2 fully saturated rings. The summed E-state index contributed by atoms with van der Waals surface area (Å²) in [7, 11) is 0. The topological polar surface area (TPSA) is 96.9 Å². The average molecular weight is 835 g/mol. The molecule has 23 heteroatoms. The van der Waals surface area contributed by atoms with Crippen LogP contribution in [0.1, 0.15) is 0 Å². The molecule has 0 aromatic carbocycles. The maximum atomic E-state index is 8.50. The van der Waals surface area contributed by atoms with Crippen molar-refractivity contribution in [2.24, 2.45) is 0 Å². The van der Waals surface area contributed by atoms with Crippen LogP contribution in [0.5, 0.6) is 0 Å². The summed E-state index contributed by atoms with van der Waals surface area (Å²) in [6.07, 6.45) is 3.41. The van der Waals surface area contributed by atoms with E-state index in [0.717, 1.165) is 24.6 Å². The fraction of sp³-hybridized carbons (Fsp3) is 0.375. The first-order valence-corrected chi connectivity index (χ1v) is 18.9. The number of nitrogens with zero attached hydrogens (tertiary/aromatic N) is 6. The second-order valence-electron chi connectivity index (χ2n) is 6.46. The van der Waals surface area contributed by atoms with E-state index in [9.17, 15) is 0 Å². The van der Waals surface area contributed by atoms with Gasteiger partial charge in [0.15, 0.2) is 8.64 Å². The Hall–Kier alpha value is 0.868. The van der Waals surface area contributed by atoms with Gasteiger partial charge in [-0.3, -0.25) is 20.7 Å². The standard InChI is InChI=1S/2C8H10N4S6.Mo.2O/c2*13-7(14)11(5-9-1-3-17-5)12(8(15)16)6-10-2-4-18-6;;;/h2*1,3,6,10H,2,4H2,(H,13,14)(H,15,16);;;/q;;+2;;/p-2. The Morgan fingerprint density at radius 1 is 0.846 bits per heavy atom. The number of anilines is 2. The number of thiol groups is 2. The van der Waals surface area contributed by atoms with Gasteiger partial charge in [-0.1, -0.05) is 24.4 Å². The van der Waals surface area contributed by atoms with E-state index in [1.807, 2.05) is 10.8 Å². The zero-order chi connectivity index (χ0) is 28.9. The number of rotatable bonds is 4. The summed E-state index contributed by atoms with van der Waals surface area (Å²) in [6.45, 7) is 1.82. The summed E-state index contributed by atoms with van der Waals surface area (Å²) < 4.78 is 18.4. The van der Waals surface area contributed by atoms with Crippen molar-refractivity contribution in [1.29, 1.82) is 0 Å². The minimum absolute atomic E-state index is 0.0241. The molecule has 2 aliphatic rings. The molecule has 0 saturated carbocycles. The Morgan fingerprint density at radius 3 is 1.41 bits per heavy atom. The van der Waals surface area contributed by atoms with Crippen molar-refractivity contribution in [2.45, 2.75) is 11.0 Å². The Bertz CT molecular complexity index is 1040. The quantitative estimate of drug-likeness (QED) is 0.119. The average Bonchev–Trinajstić information content (AvgIpc) is 3.70. The van der Waals surface area contributed by atoms with Crippen LogP contribution in [-0.4, -0.2) is 72.9 Å². The van der Waals surface area contributed by atoms with Crippen molar-refractivity contribution in [3.05, 3.63) is 23.2 Å². The Labute approximate surface area is 294 Å². The van der Waals surface area contributed by atoms with E-state index in [0.29, 0.717) is 27.5 Å².